The predicted octanol–water partition coefficient (Wildman–Crippen LogP) is 2.00. The van der Waals surface area contributed by atoms with E-state index in [-0.39, 0.29) is 56.5 Å². The second-order valence-corrected chi connectivity index (χ2v) is 8.98. The number of nitriles is 1. The normalized spacial score (nSPS) is 15.2. The third-order valence-electron chi connectivity index (χ3n) is 5.73. The van der Waals surface area contributed by atoms with Crippen molar-refractivity contribution in [2.45, 2.75) is 12.2 Å². The number of rotatable bonds is 6. The standard InChI is InChI=1S/C26H23N3O7S/c1-4-36-26(33)24-22-15(9-13-5-7-17(30)19(10-13)34-2)21(28)16(12-27)29(22)25(32)23(37-24)14-6-8-18(31)20(11-14)35-3/h5-11,23,30-31H,4,28H2,1-3H3. The number of thioether (sulfide) groups is 1. The fourth-order valence-electron chi connectivity index (χ4n) is 4.01. The Bertz CT molecular complexity index is 1590. The van der Waals surface area contributed by atoms with Crippen molar-refractivity contribution >= 4 is 40.3 Å². The van der Waals surface area contributed by atoms with Gasteiger partial charge in [0, 0.05) is 5.22 Å². The average molecular weight is 522 g/mol. The van der Waals surface area contributed by atoms with Crippen LogP contribution in [-0.4, -0.2) is 47.5 Å². The summed E-state index contributed by atoms with van der Waals surface area (Å²) in [6.45, 7) is 1.74. The number of carbonyl (C=O) groups excluding carboxylic acids is 2. The molecule has 1 aliphatic heterocycles. The average Bonchev–Trinajstić information content (AvgIpc) is 3.17. The summed E-state index contributed by atoms with van der Waals surface area (Å²) in [5.41, 5.74) is 7.22. The van der Waals surface area contributed by atoms with Gasteiger partial charge >= 0.3 is 5.97 Å². The Morgan fingerprint density at radius 2 is 1.81 bits per heavy atom. The molecule has 1 aromatic heterocycles. The molecule has 3 aromatic rings. The van der Waals surface area contributed by atoms with Crippen LogP contribution in [0.15, 0.2) is 36.4 Å². The summed E-state index contributed by atoms with van der Waals surface area (Å²) >= 11 is 0.961. The van der Waals surface area contributed by atoms with Crippen LogP contribution in [0.4, 0.5) is 5.69 Å². The molecule has 0 saturated carbocycles. The number of nitrogens with two attached hydrogens (primary N) is 1. The van der Waals surface area contributed by atoms with Crippen molar-refractivity contribution in [2.24, 2.45) is 0 Å². The largest absolute Gasteiger partial charge is 0.504 e. The predicted molar refractivity (Wildman–Crippen MR) is 137 cm³/mol. The van der Waals surface area contributed by atoms with Gasteiger partial charge in [-0.25, -0.2) is 4.79 Å². The van der Waals surface area contributed by atoms with Crippen LogP contribution in [0.3, 0.4) is 0 Å². The Kier molecular flexibility index (Phi) is 7.04. The molecule has 0 saturated heterocycles. The van der Waals surface area contributed by atoms with Crippen molar-refractivity contribution in [3.8, 4) is 29.1 Å². The number of anilines is 1. The van der Waals surface area contributed by atoms with E-state index in [9.17, 15) is 25.1 Å². The smallest absolute Gasteiger partial charge is 0.346 e. The Balaban J connectivity index is 2.04. The van der Waals surface area contributed by atoms with Crippen molar-refractivity contribution in [3.05, 3.63) is 63.8 Å². The van der Waals surface area contributed by atoms with Crippen LogP contribution >= 0.6 is 11.8 Å². The number of aromatic nitrogens is 1. The van der Waals surface area contributed by atoms with Crippen molar-refractivity contribution < 1.29 is 34.0 Å². The molecular formula is C26H23N3O7S. The number of carbonyl (C=O) groups is 2. The topological polar surface area (TPSA) is 157 Å². The maximum absolute atomic E-state index is 13.8. The third-order valence-corrected chi connectivity index (χ3v) is 7.04. The number of phenolic OH excluding ortho intramolecular Hbond substituents is 2. The van der Waals surface area contributed by atoms with Gasteiger partial charge in [-0.05, 0) is 48.4 Å². The first-order valence-corrected chi connectivity index (χ1v) is 11.9. The lowest BCUT2D eigenvalue weighted by molar-refractivity contribution is -0.135. The lowest BCUT2D eigenvalue weighted by Gasteiger charge is -2.23. The van der Waals surface area contributed by atoms with Crippen LogP contribution in [0.25, 0.3) is 11.0 Å². The van der Waals surface area contributed by atoms with Crippen LogP contribution in [0.5, 0.6) is 23.0 Å². The number of nitrogens with zero attached hydrogens (tertiary/aromatic N) is 2. The summed E-state index contributed by atoms with van der Waals surface area (Å²) in [6.07, 6.45) is 1.60. The summed E-state index contributed by atoms with van der Waals surface area (Å²) in [6, 6.07) is 11.0. The number of ether oxygens (including phenoxy) is 3. The van der Waals surface area contributed by atoms with Crippen molar-refractivity contribution in [3.63, 3.8) is 0 Å². The second-order valence-electron chi connectivity index (χ2n) is 7.86. The first-order chi connectivity index (χ1) is 17.7. The lowest BCUT2D eigenvalue weighted by atomic mass is 10.1. The molecule has 10 nitrogen and oxygen atoms in total. The van der Waals surface area contributed by atoms with E-state index in [1.165, 1.54) is 38.5 Å². The van der Waals surface area contributed by atoms with Gasteiger partial charge in [0.25, 0.3) is 0 Å². The van der Waals surface area contributed by atoms with Crippen LogP contribution in [0.1, 0.15) is 33.8 Å². The molecule has 0 amide bonds. The minimum Gasteiger partial charge on any atom is -0.504 e. The second kappa shape index (κ2) is 10.2. The van der Waals surface area contributed by atoms with E-state index in [0.29, 0.717) is 11.1 Å². The SMILES string of the molecule is CCOC(=O)C1=c2c(=Cc3ccc(O)c(OC)c3)c(N)c(C#N)n2C(=O)C(c2ccc(O)c(OC)c2)S1. The van der Waals surface area contributed by atoms with Gasteiger partial charge in [0.1, 0.15) is 16.2 Å². The first-order valence-electron chi connectivity index (χ1n) is 11.0. The highest BCUT2D eigenvalue weighted by Gasteiger charge is 2.37. The number of benzene rings is 2. The molecule has 0 fully saturated rings. The zero-order valence-electron chi connectivity index (χ0n) is 20.1. The molecule has 1 atom stereocenters. The minimum atomic E-state index is -0.957. The maximum atomic E-state index is 13.8. The van der Waals surface area contributed by atoms with Crippen LogP contribution in [0, 0.1) is 11.3 Å². The summed E-state index contributed by atoms with van der Waals surface area (Å²) in [5.74, 6) is -1.01. The van der Waals surface area contributed by atoms with E-state index in [1.54, 1.807) is 25.1 Å². The maximum Gasteiger partial charge on any atom is 0.346 e. The molecular weight excluding hydrogens is 498 g/mol. The Labute approximate surface area is 215 Å². The van der Waals surface area contributed by atoms with Crippen molar-refractivity contribution in [1.29, 1.82) is 5.26 Å². The summed E-state index contributed by atoms with van der Waals surface area (Å²) in [4.78, 5) is 27.0. The summed E-state index contributed by atoms with van der Waals surface area (Å²) in [7, 11) is 2.78. The van der Waals surface area contributed by atoms with Gasteiger partial charge in [0.15, 0.2) is 28.7 Å². The van der Waals surface area contributed by atoms with E-state index in [2.05, 4.69) is 0 Å². The van der Waals surface area contributed by atoms with Gasteiger partial charge in [-0.2, -0.15) is 5.26 Å². The van der Waals surface area contributed by atoms with Crippen LogP contribution in [0.2, 0.25) is 0 Å². The number of hydrogen-bond donors (Lipinski definition) is 3. The number of nitrogen functional groups attached to an aromatic ring is 1. The van der Waals surface area contributed by atoms with E-state index in [0.717, 1.165) is 16.3 Å². The number of phenols is 2. The van der Waals surface area contributed by atoms with Gasteiger partial charge in [-0.15, -0.1) is 0 Å². The monoisotopic (exact) mass is 521 g/mol. The molecule has 190 valence electrons. The van der Waals surface area contributed by atoms with Gasteiger partial charge in [-0.1, -0.05) is 23.9 Å². The molecule has 4 N–H and O–H groups in total. The molecule has 0 aliphatic carbocycles. The molecule has 4 rings (SSSR count). The number of hydrogen-bond acceptors (Lipinski definition) is 10. The number of methoxy groups -OCH3 is 2. The minimum absolute atomic E-state index is 0.00391. The van der Waals surface area contributed by atoms with Crippen LogP contribution in [-0.2, 0) is 9.53 Å². The molecule has 11 heteroatoms. The summed E-state index contributed by atoms with van der Waals surface area (Å²) in [5, 5.41) is 29.3. The van der Waals surface area contributed by atoms with Gasteiger partial charge in [0.05, 0.1) is 31.9 Å². The number of esters is 1. The molecule has 37 heavy (non-hydrogen) atoms. The molecule has 1 aliphatic rings. The van der Waals surface area contributed by atoms with Crippen LogP contribution < -0.4 is 25.8 Å². The van der Waals surface area contributed by atoms with Crippen molar-refractivity contribution in [1.82, 2.24) is 4.57 Å². The zero-order valence-corrected chi connectivity index (χ0v) is 21.0. The van der Waals surface area contributed by atoms with Gasteiger partial charge < -0.3 is 30.2 Å². The van der Waals surface area contributed by atoms with Gasteiger partial charge in [0.2, 0.25) is 5.91 Å². The third kappa shape index (κ3) is 4.43. The molecule has 0 radical (unpaired) electrons. The highest BCUT2D eigenvalue weighted by atomic mass is 32.2. The first kappa shape index (κ1) is 25.5. The number of aromatic hydroxyl groups is 2. The highest BCUT2D eigenvalue weighted by molar-refractivity contribution is 8.10. The highest BCUT2D eigenvalue weighted by Crippen LogP contribution is 2.42. The Morgan fingerprint density at radius 1 is 1.16 bits per heavy atom. The Morgan fingerprint density at radius 3 is 2.43 bits per heavy atom. The lowest BCUT2D eigenvalue weighted by Crippen LogP contribution is -2.42. The molecule has 2 aromatic carbocycles. The quantitative estimate of drug-likeness (QED) is 0.410. The fraction of sp³-hybridized carbons (Fsp3) is 0.192. The van der Waals surface area contributed by atoms with E-state index >= 15 is 0 Å². The molecule has 0 spiro atoms. The summed E-state index contributed by atoms with van der Waals surface area (Å²) < 4.78 is 16.8. The zero-order chi connectivity index (χ0) is 26.9. The van der Waals surface area contributed by atoms with Crippen molar-refractivity contribution in [2.75, 3.05) is 26.6 Å². The molecule has 0 bridgehead atoms. The van der Waals surface area contributed by atoms with Gasteiger partial charge in [-0.3, -0.25) is 9.36 Å². The Hall–Kier alpha value is -4.56. The molecule has 2 heterocycles. The van der Waals surface area contributed by atoms with E-state index in [4.69, 9.17) is 19.9 Å². The fourth-order valence-corrected chi connectivity index (χ4v) is 5.20. The number of fused-ring (bicyclic) bond motifs is 1. The molecule has 1 unspecified atom stereocenters. The van der Waals surface area contributed by atoms with E-state index in [1.807, 2.05) is 6.07 Å². The van der Waals surface area contributed by atoms with E-state index < -0.39 is 17.1 Å².